The second kappa shape index (κ2) is 5.38. The van der Waals surface area contributed by atoms with Crippen molar-refractivity contribution in [2.24, 2.45) is 7.05 Å². The minimum absolute atomic E-state index is 0.529. The van der Waals surface area contributed by atoms with E-state index in [1.165, 1.54) is 16.0 Å². The maximum Gasteiger partial charge on any atom is 0.0948 e. The number of aromatic nitrogens is 2. The Morgan fingerprint density at radius 1 is 0.842 bits per heavy atom. The van der Waals surface area contributed by atoms with Crippen LogP contribution < -0.4 is 16.0 Å². The fourth-order valence-corrected chi connectivity index (χ4v) is 4.45. The van der Waals surface area contributed by atoms with Crippen molar-refractivity contribution in [1.82, 2.24) is 9.55 Å². The highest BCUT2D eigenvalue weighted by molar-refractivity contribution is 7.79. The van der Waals surface area contributed by atoms with E-state index in [1.54, 1.807) is 0 Å². The molecule has 0 spiro atoms. The standard InChI is InChI=1S/C16H15N2P/c1-18-13-17-12-16(18)19(14-8-4-2-5-9-14)15-10-6-3-7-11-15/h2-13H,1H3. The first-order chi connectivity index (χ1) is 9.36. The first-order valence-corrected chi connectivity index (χ1v) is 7.57. The topological polar surface area (TPSA) is 17.8 Å². The van der Waals surface area contributed by atoms with Gasteiger partial charge in [-0.05, 0) is 10.6 Å². The number of hydrogen-bond acceptors (Lipinski definition) is 1. The Hall–Kier alpha value is -1.92. The van der Waals surface area contributed by atoms with E-state index in [1.807, 2.05) is 12.5 Å². The normalized spacial score (nSPS) is 10.8. The maximum absolute atomic E-state index is 4.27. The van der Waals surface area contributed by atoms with Crippen LogP contribution in [0.1, 0.15) is 0 Å². The van der Waals surface area contributed by atoms with Gasteiger partial charge in [0.1, 0.15) is 0 Å². The van der Waals surface area contributed by atoms with E-state index in [-0.39, 0.29) is 0 Å². The molecule has 0 saturated carbocycles. The van der Waals surface area contributed by atoms with Crippen LogP contribution in [0.25, 0.3) is 0 Å². The molecule has 0 unspecified atom stereocenters. The molecule has 3 aromatic rings. The highest BCUT2D eigenvalue weighted by Gasteiger charge is 2.18. The molecule has 0 amide bonds. The zero-order chi connectivity index (χ0) is 13.1. The third kappa shape index (κ3) is 2.45. The Morgan fingerprint density at radius 2 is 1.37 bits per heavy atom. The van der Waals surface area contributed by atoms with E-state index < -0.39 is 7.92 Å². The van der Waals surface area contributed by atoms with Crippen LogP contribution in [0.3, 0.4) is 0 Å². The van der Waals surface area contributed by atoms with Crippen molar-refractivity contribution in [2.45, 2.75) is 0 Å². The first-order valence-electron chi connectivity index (χ1n) is 6.23. The van der Waals surface area contributed by atoms with Gasteiger partial charge in [-0.1, -0.05) is 60.7 Å². The van der Waals surface area contributed by atoms with Gasteiger partial charge < -0.3 is 4.57 Å². The summed E-state index contributed by atoms with van der Waals surface area (Å²) in [6.07, 6.45) is 3.85. The summed E-state index contributed by atoms with van der Waals surface area (Å²) < 4.78 is 2.12. The molecule has 0 aliphatic carbocycles. The molecule has 2 nitrogen and oxygen atoms in total. The van der Waals surface area contributed by atoms with E-state index in [0.29, 0.717) is 0 Å². The van der Waals surface area contributed by atoms with Crippen LogP contribution in [0, 0.1) is 0 Å². The summed E-state index contributed by atoms with van der Waals surface area (Å²) in [5.74, 6) is 0. The minimum atomic E-state index is -0.529. The van der Waals surface area contributed by atoms with Gasteiger partial charge in [-0.2, -0.15) is 0 Å². The second-order valence-corrected chi connectivity index (χ2v) is 6.53. The van der Waals surface area contributed by atoms with Crippen LogP contribution in [0.15, 0.2) is 73.2 Å². The fraction of sp³-hybridized carbons (Fsp3) is 0.0625. The molecule has 0 N–H and O–H groups in total. The Kier molecular flexibility index (Phi) is 3.43. The molecule has 0 aliphatic heterocycles. The molecular weight excluding hydrogens is 251 g/mol. The number of rotatable bonds is 3. The average molecular weight is 266 g/mol. The van der Waals surface area contributed by atoms with Gasteiger partial charge in [0.2, 0.25) is 0 Å². The predicted octanol–water partition coefficient (Wildman–Crippen LogP) is 2.18. The smallest absolute Gasteiger partial charge is 0.0948 e. The third-order valence-corrected chi connectivity index (χ3v) is 5.57. The lowest BCUT2D eigenvalue weighted by Crippen LogP contribution is -2.24. The van der Waals surface area contributed by atoms with Crippen molar-refractivity contribution in [3.63, 3.8) is 0 Å². The Balaban J connectivity index is 2.15. The molecular formula is C16H15N2P. The Morgan fingerprint density at radius 3 is 1.79 bits per heavy atom. The molecule has 94 valence electrons. The maximum atomic E-state index is 4.27. The molecule has 0 aliphatic rings. The van der Waals surface area contributed by atoms with E-state index in [9.17, 15) is 0 Å². The Bertz CT molecular complexity index is 607. The molecule has 0 atom stereocenters. The van der Waals surface area contributed by atoms with Crippen molar-refractivity contribution in [3.8, 4) is 0 Å². The highest BCUT2D eigenvalue weighted by atomic mass is 31.1. The van der Waals surface area contributed by atoms with Crippen LogP contribution in [0.4, 0.5) is 0 Å². The summed E-state index contributed by atoms with van der Waals surface area (Å²) >= 11 is 0. The molecule has 3 heteroatoms. The van der Waals surface area contributed by atoms with E-state index >= 15 is 0 Å². The largest absolute Gasteiger partial charge is 0.333 e. The molecule has 1 heterocycles. The van der Waals surface area contributed by atoms with Crippen molar-refractivity contribution < 1.29 is 0 Å². The first kappa shape index (κ1) is 12.1. The summed E-state index contributed by atoms with van der Waals surface area (Å²) in [7, 11) is 1.53. The summed E-state index contributed by atoms with van der Waals surface area (Å²) in [6.45, 7) is 0. The van der Waals surface area contributed by atoms with Gasteiger partial charge >= 0.3 is 0 Å². The molecule has 0 fully saturated rings. The van der Waals surface area contributed by atoms with Gasteiger partial charge in [0, 0.05) is 15.0 Å². The lowest BCUT2D eigenvalue weighted by atomic mass is 10.4. The molecule has 2 aromatic carbocycles. The van der Waals surface area contributed by atoms with Crippen LogP contribution in [-0.4, -0.2) is 9.55 Å². The van der Waals surface area contributed by atoms with Gasteiger partial charge in [0.05, 0.1) is 18.0 Å². The number of benzene rings is 2. The monoisotopic (exact) mass is 266 g/mol. The fourth-order valence-electron chi connectivity index (χ4n) is 2.13. The Labute approximate surface area is 114 Å². The summed E-state index contributed by atoms with van der Waals surface area (Å²) in [6, 6.07) is 21.3. The van der Waals surface area contributed by atoms with Crippen molar-refractivity contribution in [3.05, 3.63) is 73.2 Å². The van der Waals surface area contributed by atoms with Crippen LogP contribution in [0.5, 0.6) is 0 Å². The zero-order valence-corrected chi connectivity index (χ0v) is 11.7. The van der Waals surface area contributed by atoms with Gasteiger partial charge in [0.25, 0.3) is 0 Å². The van der Waals surface area contributed by atoms with Crippen LogP contribution in [-0.2, 0) is 7.05 Å². The summed E-state index contributed by atoms with van der Waals surface area (Å²) in [5, 5.41) is 2.71. The minimum Gasteiger partial charge on any atom is -0.333 e. The zero-order valence-electron chi connectivity index (χ0n) is 10.8. The van der Waals surface area contributed by atoms with Crippen molar-refractivity contribution in [1.29, 1.82) is 0 Å². The quantitative estimate of drug-likeness (QED) is 0.664. The van der Waals surface area contributed by atoms with Crippen molar-refractivity contribution in [2.75, 3.05) is 0 Å². The third-order valence-electron chi connectivity index (χ3n) is 3.05. The number of nitrogens with zero attached hydrogens (tertiary/aromatic N) is 2. The van der Waals surface area contributed by atoms with Gasteiger partial charge in [-0.15, -0.1) is 0 Å². The van der Waals surface area contributed by atoms with Gasteiger partial charge in [-0.3, -0.25) is 0 Å². The molecule has 3 rings (SSSR count). The summed E-state index contributed by atoms with van der Waals surface area (Å²) in [5.41, 5.74) is 1.27. The molecule has 0 radical (unpaired) electrons. The number of imidazole rings is 1. The molecule has 0 bridgehead atoms. The summed E-state index contributed by atoms with van der Waals surface area (Å²) in [4.78, 5) is 4.27. The number of hydrogen-bond donors (Lipinski definition) is 0. The van der Waals surface area contributed by atoms with Crippen molar-refractivity contribution >= 4 is 24.0 Å². The SMILES string of the molecule is Cn1cncc1P(c1ccccc1)c1ccccc1. The second-order valence-electron chi connectivity index (χ2n) is 4.37. The molecule has 0 saturated heterocycles. The molecule has 19 heavy (non-hydrogen) atoms. The van der Waals surface area contributed by atoms with Crippen LogP contribution >= 0.6 is 7.92 Å². The highest BCUT2D eigenvalue weighted by Crippen LogP contribution is 2.31. The van der Waals surface area contributed by atoms with E-state index in [0.717, 1.165) is 0 Å². The average Bonchev–Trinajstić information content (AvgIpc) is 2.88. The van der Waals surface area contributed by atoms with Gasteiger partial charge in [0.15, 0.2) is 0 Å². The molecule has 1 aromatic heterocycles. The number of aryl methyl sites for hydroxylation is 1. The lowest BCUT2D eigenvalue weighted by Gasteiger charge is -2.18. The predicted molar refractivity (Wildman–Crippen MR) is 81.9 cm³/mol. The van der Waals surface area contributed by atoms with E-state index in [4.69, 9.17) is 0 Å². The van der Waals surface area contributed by atoms with E-state index in [2.05, 4.69) is 77.3 Å². The van der Waals surface area contributed by atoms with Crippen LogP contribution in [0.2, 0.25) is 0 Å². The van der Waals surface area contributed by atoms with Gasteiger partial charge in [-0.25, -0.2) is 4.98 Å². The lowest BCUT2D eigenvalue weighted by molar-refractivity contribution is 0.940.